The molecule has 1 amide bonds. The molecular formula is C15H20N4OS. The Labute approximate surface area is 128 Å². The van der Waals surface area contributed by atoms with Crippen molar-refractivity contribution in [2.75, 3.05) is 31.3 Å². The quantitative estimate of drug-likeness (QED) is 0.889. The Morgan fingerprint density at radius 3 is 2.62 bits per heavy atom. The molecule has 0 fully saturated rings. The Morgan fingerprint density at radius 1 is 1.38 bits per heavy atom. The highest BCUT2D eigenvalue weighted by molar-refractivity contribution is 7.18. The standard InChI is InChI=1S/C15H20N4OS/c1-10(11-7-5-4-6-8-11)9-17-14(20)12-13(16)18-15(21-12)19(2)3/h4-8,10H,9,16H2,1-3H3,(H,17,20). The second-order valence-corrected chi connectivity index (χ2v) is 6.10. The van der Waals surface area contributed by atoms with E-state index in [4.69, 9.17) is 5.73 Å². The van der Waals surface area contributed by atoms with Gasteiger partial charge in [0.2, 0.25) is 0 Å². The third-order valence-electron chi connectivity index (χ3n) is 3.17. The SMILES string of the molecule is CC(CNC(=O)c1sc(N(C)C)nc1N)c1ccccc1. The van der Waals surface area contributed by atoms with Gasteiger partial charge in [0.25, 0.3) is 5.91 Å². The first-order valence-corrected chi connectivity index (χ1v) is 7.57. The van der Waals surface area contributed by atoms with Crippen LogP contribution in [0.4, 0.5) is 10.9 Å². The Kier molecular flexibility index (Phi) is 4.80. The molecule has 2 rings (SSSR count). The molecule has 0 saturated carbocycles. The van der Waals surface area contributed by atoms with Crippen molar-refractivity contribution in [3.8, 4) is 0 Å². The molecule has 0 spiro atoms. The van der Waals surface area contributed by atoms with E-state index < -0.39 is 0 Å². The molecular weight excluding hydrogens is 284 g/mol. The highest BCUT2D eigenvalue weighted by Gasteiger charge is 2.17. The molecule has 0 aliphatic carbocycles. The molecule has 1 atom stereocenters. The molecule has 0 saturated heterocycles. The summed E-state index contributed by atoms with van der Waals surface area (Å²) < 4.78 is 0. The van der Waals surface area contributed by atoms with Crippen molar-refractivity contribution in [1.29, 1.82) is 0 Å². The third kappa shape index (κ3) is 3.72. The largest absolute Gasteiger partial charge is 0.382 e. The van der Waals surface area contributed by atoms with Gasteiger partial charge in [0.1, 0.15) is 10.7 Å². The first-order valence-electron chi connectivity index (χ1n) is 6.75. The lowest BCUT2D eigenvalue weighted by Gasteiger charge is -2.12. The number of nitrogens with two attached hydrogens (primary N) is 1. The maximum atomic E-state index is 12.2. The fourth-order valence-electron chi connectivity index (χ4n) is 1.90. The number of aromatic nitrogens is 1. The van der Waals surface area contributed by atoms with Crippen LogP contribution in [0.25, 0.3) is 0 Å². The fourth-order valence-corrected chi connectivity index (χ4v) is 2.72. The zero-order valence-corrected chi connectivity index (χ0v) is 13.3. The monoisotopic (exact) mass is 304 g/mol. The predicted octanol–water partition coefficient (Wildman–Crippen LogP) is 2.32. The molecule has 0 aliphatic heterocycles. The van der Waals surface area contributed by atoms with Gasteiger partial charge in [-0.3, -0.25) is 4.79 Å². The van der Waals surface area contributed by atoms with Gasteiger partial charge in [0.05, 0.1) is 0 Å². The second-order valence-electron chi connectivity index (χ2n) is 5.13. The zero-order valence-electron chi connectivity index (χ0n) is 12.5. The average Bonchev–Trinajstić information content (AvgIpc) is 2.87. The molecule has 5 nitrogen and oxygen atoms in total. The van der Waals surface area contributed by atoms with E-state index in [9.17, 15) is 4.79 Å². The van der Waals surface area contributed by atoms with Gasteiger partial charge in [-0.15, -0.1) is 0 Å². The predicted molar refractivity (Wildman–Crippen MR) is 88.0 cm³/mol. The van der Waals surface area contributed by atoms with Gasteiger partial charge in [-0.2, -0.15) is 0 Å². The number of anilines is 2. The van der Waals surface area contributed by atoms with Crippen LogP contribution in [0, 0.1) is 0 Å². The summed E-state index contributed by atoms with van der Waals surface area (Å²) in [5.41, 5.74) is 7.01. The number of carbonyl (C=O) groups excluding carboxylic acids is 1. The number of benzene rings is 1. The van der Waals surface area contributed by atoms with Crippen LogP contribution in [-0.4, -0.2) is 31.5 Å². The average molecular weight is 304 g/mol. The molecule has 1 unspecified atom stereocenters. The molecule has 2 aromatic rings. The lowest BCUT2D eigenvalue weighted by atomic mass is 10.0. The molecule has 21 heavy (non-hydrogen) atoms. The van der Waals surface area contributed by atoms with Gasteiger partial charge in [0, 0.05) is 20.6 Å². The summed E-state index contributed by atoms with van der Waals surface area (Å²) in [5.74, 6) is 0.368. The number of hydrogen-bond donors (Lipinski definition) is 2. The van der Waals surface area contributed by atoms with E-state index in [1.54, 1.807) is 0 Å². The summed E-state index contributed by atoms with van der Waals surface area (Å²) in [5, 5.41) is 3.65. The van der Waals surface area contributed by atoms with Gasteiger partial charge in [-0.05, 0) is 11.5 Å². The first-order chi connectivity index (χ1) is 9.99. The van der Waals surface area contributed by atoms with Crippen molar-refractivity contribution in [2.24, 2.45) is 0 Å². The van der Waals surface area contributed by atoms with Crippen LogP contribution in [0.3, 0.4) is 0 Å². The van der Waals surface area contributed by atoms with E-state index in [1.807, 2.05) is 37.2 Å². The maximum Gasteiger partial charge on any atom is 0.265 e. The molecule has 6 heteroatoms. The van der Waals surface area contributed by atoms with E-state index in [2.05, 4.69) is 29.4 Å². The van der Waals surface area contributed by atoms with E-state index >= 15 is 0 Å². The van der Waals surface area contributed by atoms with E-state index in [1.165, 1.54) is 16.9 Å². The highest BCUT2D eigenvalue weighted by atomic mass is 32.1. The molecule has 0 radical (unpaired) electrons. The number of nitrogens with zero attached hydrogens (tertiary/aromatic N) is 2. The van der Waals surface area contributed by atoms with Crippen molar-refractivity contribution in [3.05, 3.63) is 40.8 Å². The van der Waals surface area contributed by atoms with Crippen LogP contribution in [0.2, 0.25) is 0 Å². The normalized spacial score (nSPS) is 12.0. The molecule has 0 aliphatic rings. The number of thiazole rings is 1. The van der Waals surface area contributed by atoms with Crippen LogP contribution in [0.1, 0.15) is 28.1 Å². The summed E-state index contributed by atoms with van der Waals surface area (Å²) in [6, 6.07) is 10.1. The first kappa shape index (κ1) is 15.3. The van der Waals surface area contributed by atoms with Crippen molar-refractivity contribution in [3.63, 3.8) is 0 Å². The minimum atomic E-state index is -0.166. The van der Waals surface area contributed by atoms with Crippen molar-refractivity contribution in [2.45, 2.75) is 12.8 Å². The van der Waals surface area contributed by atoms with E-state index in [0.29, 0.717) is 11.4 Å². The van der Waals surface area contributed by atoms with Gasteiger partial charge in [0.15, 0.2) is 5.13 Å². The van der Waals surface area contributed by atoms with Crippen LogP contribution >= 0.6 is 11.3 Å². The summed E-state index contributed by atoms with van der Waals surface area (Å²) >= 11 is 1.30. The zero-order chi connectivity index (χ0) is 15.4. The minimum absolute atomic E-state index is 0.166. The Balaban J connectivity index is 1.99. The van der Waals surface area contributed by atoms with Gasteiger partial charge >= 0.3 is 0 Å². The summed E-state index contributed by atoms with van der Waals surface area (Å²) in [7, 11) is 3.74. The number of rotatable bonds is 5. The Hall–Kier alpha value is -2.08. The number of carbonyl (C=O) groups is 1. The van der Waals surface area contributed by atoms with Crippen LogP contribution < -0.4 is 16.0 Å². The molecule has 0 bridgehead atoms. The molecule has 1 aromatic heterocycles. The number of hydrogen-bond acceptors (Lipinski definition) is 5. The van der Waals surface area contributed by atoms with Crippen molar-refractivity contribution >= 4 is 28.2 Å². The van der Waals surface area contributed by atoms with E-state index in [0.717, 1.165) is 5.13 Å². The molecule has 1 heterocycles. The fraction of sp³-hybridized carbons (Fsp3) is 0.333. The van der Waals surface area contributed by atoms with Gasteiger partial charge in [-0.25, -0.2) is 4.98 Å². The van der Waals surface area contributed by atoms with Crippen LogP contribution in [-0.2, 0) is 0 Å². The topological polar surface area (TPSA) is 71.2 Å². The molecule has 112 valence electrons. The minimum Gasteiger partial charge on any atom is -0.382 e. The van der Waals surface area contributed by atoms with Crippen molar-refractivity contribution < 1.29 is 4.79 Å². The lowest BCUT2D eigenvalue weighted by Crippen LogP contribution is -2.27. The van der Waals surface area contributed by atoms with Crippen molar-refractivity contribution in [1.82, 2.24) is 10.3 Å². The third-order valence-corrected chi connectivity index (χ3v) is 4.41. The maximum absolute atomic E-state index is 12.2. The summed E-state index contributed by atoms with van der Waals surface area (Å²) in [6.07, 6.45) is 0. The Bertz CT molecular complexity index is 609. The van der Waals surface area contributed by atoms with Gasteiger partial charge < -0.3 is 16.0 Å². The summed E-state index contributed by atoms with van der Waals surface area (Å²) in [6.45, 7) is 2.65. The van der Waals surface area contributed by atoms with Crippen LogP contribution in [0.5, 0.6) is 0 Å². The number of nitrogen functional groups attached to an aromatic ring is 1. The second kappa shape index (κ2) is 6.58. The highest BCUT2D eigenvalue weighted by Crippen LogP contribution is 2.26. The Morgan fingerprint density at radius 2 is 2.05 bits per heavy atom. The number of amides is 1. The lowest BCUT2D eigenvalue weighted by molar-refractivity contribution is 0.0956. The van der Waals surface area contributed by atoms with Crippen LogP contribution in [0.15, 0.2) is 30.3 Å². The molecule has 1 aromatic carbocycles. The molecule has 3 N–H and O–H groups in total. The van der Waals surface area contributed by atoms with Gasteiger partial charge in [-0.1, -0.05) is 48.6 Å². The smallest absolute Gasteiger partial charge is 0.265 e. The van der Waals surface area contributed by atoms with E-state index in [-0.39, 0.29) is 17.6 Å². The summed E-state index contributed by atoms with van der Waals surface area (Å²) in [4.78, 5) is 18.7. The number of nitrogens with one attached hydrogen (secondary N) is 1.